The predicted octanol–water partition coefficient (Wildman–Crippen LogP) is 1.66. The molecule has 112 valence electrons. The number of aliphatic hydroxyl groups excluding tert-OH is 1. The molecule has 19 heavy (non-hydrogen) atoms. The Bertz CT molecular complexity index is 309. The molecule has 0 saturated carbocycles. The van der Waals surface area contributed by atoms with Gasteiger partial charge in [0.15, 0.2) is 0 Å². The van der Waals surface area contributed by atoms with Crippen LogP contribution in [-0.2, 0) is 9.47 Å². The summed E-state index contributed by atoms with van der Waals surface area (Å²) in [5.74, 6) is 0.168. The van der Waals surface area contributed by atoms with Gasteiger partial charge < -0.3 is 19.5 Å². The standard InChI is InChI=1S/C15H29NO3/c1-14(2)12(13(17)15(3,4)19-14)10-16-8-6-11(18-5)7-9-16/h11-13,17H,6-10H2,1-5H3. The van der Waals surface area contributed by atoms with Gasteiger partial charge in [0.1, 0.15) is 0 Å². The van der Waals surface area contributed by atoms with Crippen LogP contribution in [0.15, 0.2) is 0 Å². The topological polar surface area (TPSA) is 41.9 Å². The number of likely N-dealkylation sites (tertiary alicyclic amines) is 1. The summed E-state index contributed by atoms with van der Waals surface area (Å²) >= 11 is 0. The van der Waals surface area contributed by atoms with E-state index in [2.05, 4.69) is 18.7 Å². The van der Waals surface area contributed by atoms with Gasteiger partial charge in [0.2, 0.25) is 0 Å². The number of hydrogen-bond donors (Lipinski definition) is 1. The fraction of sp³-hybridized carbons (Fsp3) is 1.00. The Hall–Kier alpha value is -0.160. The van der Waals surface area contributed by atoms with Crippen molar-refractivity contribution in [1.29, 1.82) is 0 Å². The molecule has 0 aliphatic carbocycles. The van der Waals surface area contributed by atoms with Gasteiger partial charge in [-0.2, -0.15) is 0 Å². The van der Waals surface area contributed by atoms with E-state index in [1.165, 1.54) is 0 Å². The Labute approximate surface area is 117 Å². The number of rotatable bonds is 3. The summed E-state index contributed by atoms with van der Waals surface area (Å²) in [5, 5.41) is 10.5. The summed E-state index contributed by atoms with van der Waals surface area (Å²) in [6.07, 6.45) is 2.18. The second-order valence-corrected chi connectivity index (χ2v) is 7.10. The number of aliphatic hydroxyl groups is 1. The van der Waals surface area contributed by atoms with Crippen LogP contribution in [0.5, 0.6) is 0 Å². The van der Waals surface area contributed by atoms with Crippen LogP contribution in [0, 0.1) is 5.92 Å². The minimum atomic E-state index is -0.445. The van der Waals surface area contributed by atoms with Crippen LogP contribution in [0.1, 0.15) is 40.5 Å². The van der Waals surface area contributed by atoms with Crippen molar-refractivity contribution in [1.82, 2.24) is 4.90 Å². The smallest absolute Gasteiger partial charge is 0.0896 e. The van der Waals surface area contributed by atoms with Crippen molar-refractivity contribution in [3.63, 3.8) is 0 Å². The van der Waals surface area contributed by atoms with Crippen molar-refractivity contribution in [3.05, 3.63) is 0 Å². The maximum Gasteiger partial charge on any atom is 0.0896 e. The van der Waals surface area contributed by atoms with Crippen molar-refractivity contribution in [3.8, 4) is 0 Å². The second-order valence-electron chi connectivity index (χ2n) is 7.10. The van der Waals surface area contributed by atoms with E-state index in [0.717, 1.165) is 32.5 Å². The maximum atomic E-state index is 10.5. The number of methoxy groups -OCH3 is 1. The third kappa shape index (κ3) is 3.13. The minimum absolute atomic E-state index is 0.168. The van der Waals surface area contributed by atoms with E-state index in [0.29, 0.717) is 6.10 Å². The van der Waals surface area contributed by atoms with Gasteiger partial charge in [-0.25, -0.2) is 0 Å². The van der Waals surface area contributed by atoms with Crippen LogP contribution in [0.3, 0.4) is 0 Å². The third-order valence-corrected chi connectivity index (χ3v) is 4.84. The molecule has 2 rings (SSSR count). The SMILES string of the molecule is COC1CCN(CC2C(O)C(C)(C)OC2(C)C)CC1. The van der Waals surface area contributed by atoms with Crippen LogP contribution in [0.25, 0.3) is 0 Å². The fourth-order valence-electron chi connectivity index (χ4n) is 3.60. The van der Waals surface area contributed by atoms with Gasteiger partial charge in [-0.1, -0.05) is 0 Å². The first-order valence-corrected chi connectivity index (χ1v) is 7.39. The summed E-state index contributed by atoms with van der Waals surface area (Å²) in [6.45, 7) is 11.2. The molecule has 0 aromatic rings. The van der Waals surface area contributed by atoms with Crippen molar-refractivity contribution in [2.24, 2.45) is 5.92 Å². The van der Waals surface area contributed by atoms with Gasteiger partial charge in [0, 0.05) is 32.7 Å². The molecule has 2 atom stereocenters. The highest BCUT2D eigenvalue weighted by molar-refractivity contribution is 5.02. The number of hydrogen-bond acceptors (Lipinski definition) is 4. The number of ether oxygens (including phenoxy) is 2. The number of nitrogens with zero attached hydrogens (tertiary/aromatic N) is 1. The Morgan fingerprint density at radius 1 is 1.16 bits per heavy atom. The van der Waals surface area contributed by atoms with E-state index in [1.54, 1.807) is 7.11 Å². The Balaban J connectivity index is 1.95. The summed E-state index contributed by atoms with van der Waals surface area (Å²) in [4.78, 5) is 2.44. The molecule has 0 amide bonds. The van der Waals surface area contributed by atoms with E-state index in [9.17, 15) is 5.11 Å². The lowest BCUT2D eigenvalue weighted by molar-refractivity contribution is -0.0916. The highest BCUT2D eigenvalue weighted by Crippen LogP contribution is 2.42. The molecule has 1 N–H and O–H groups in total. The molecule has 0 spiro atoms. The lowest BCUT2D eigenvalue weighted by atomic mass is 9.84. The van der Waals surface area contributed by atoms with Crippen molar-refractivity contribution >= 4 is 0 Å². The minimum Gasteiger partial charge on any atom is -0.390 e. The first kappa shape index (κ1) is 15.2. The molecule has 2 fully saturated rings. The molecule has 2 aliphatic rings. The zero-order chi connectivity index (χ0) is 14.3. The van der Waals surface area contributed by atoms with Crippen molar-refractivity contribution in [2.75, 3.05) is 26.7 Å². The average Bonchev–Trinajstić information content (AvgIpc) is 2.48. The molecule has 2 saturated heterocycles. The van der Waals surface area contributed by atoms with Gasteiger partial charge in [-0.05, 0) is 40.5 Å². The highest BCUT2D eigenvalue weighted by atomic mass is 16.5. The molecule has 0 aromatic carbocycles. The third-order valence-electron chi connectivity index (χ3n) is 4.84. The molecular weight excluding hydrogens is 242 g/mol. The van der Waals surface area contributed by atoms with Gasteiger partial charge >= 0.3 is 0 Å². The summed E-state index contributed by atoms with van der Waals surface area (Å²) in [7, 11) is 1.79. The predicted molar refractivity (Wildman–Crippen MR) is 75.2 cm³/mol. The molecule has 2 unspecified atom stereocenters. The maximum absolute atomic E-state index is 10.5. The van der Waals surface area contributed by atoms with E-state index in [-0.39, 0.29) is 11.5 Å². The van der Waals surface area contributed by atoms with Gasteiger partial charge in [-0.15, -0.1) is 0 Å². The fourth-order valence-corrected chi connectivity index (χ4v) is 3.60. The molecule has 4 heteroatoms. The van der Waals surface area contributed by atoms with Crippen LogP contribution in [0.4, 0.5) is 0 Å². The normalized spacial score (nSPS) is 35.7. The molecule has 0 bridgehead atoms. The zero-order valence-electron chi connectivity index (χ0n) is 13.0. The Morgan fingerprint density at radius 2 is 1.74 bits per heavy atom. The molecule has 2 aliphatic heterocycles. The van der Waals surface area contributed by atoms with E-state index in [1.807, 2.05) is 13.8 Å². The first-order valence-electron chi connectivity index (χ1n) is 7.39. The Morgan fingerprint density at radius 3 is 2.16 bits per heavy atom. The quantitative estimate of drug-likeness (QED) is 0.848. The largest absolute Gasteiger partial charge is 0.390 e. The molecular formula is C15H29NO3. The van der Waals surface area contributed by atoms with E-state index < -0.39 is 11.7 Å². The first-order chi connectivity index (χ1) is 8.76. The monoisotopic (exact) mass is 271 g/mol. The van der Waals surface area contributed by atoms with Crippen LogP contribution < -0.4 is 0 Å². The molecule has 4 nitrogen and oxygen atoms in total. The molecule has 0 radical (unpaired) electrons. The lowest BCUT2D eigenvalue weighted by Gasteiger charge is -2.36. The lowest BCUT2D eigenvalue weighted by Crippen LogP contribution is -2.46. The van der Waals surface area contributed by atoms with Crippen LogP contribution >= 0.6 is 0 Å². The van der Waals surface area contributed by atoms with Crippen molar-refractivity contribution in [2.45, 2.75) is 63.9 Å². The van der Waals surface area contributed by atoms with Gasteiger partial charge in [-0.3, -0.25) is 0 Å². The van der Waals surface area contributed by atoms with E-state index >= 15 is 0 Å². The van der Waals surface area contributed by atoms with Crippen molar-refractivity contribution < 1.29 is 14.6 Å². The van der Waals surface area contributed by atoms with Gasteiger partial charge in [0.05, 0.1) is 23.4 Å². The van der Waals surface area contributed by atoms with E-state index in [4.69, 9.17) is 9.47 Å². The highest BCUT2D eigenvalue weighted by Gasteiger charge is 2.53. The van der Waals surface area contributed by atoms with Crippen LogP contribution in [-0.4, -0.2) is 60.2 Å². The Kier molecular flexibility index (Phi) is 4.26. The zero-order valence-corrected chi connectivity index (χ0v) is 13.0. The second kappa shape index (κ2) is 5.32. The van der Waals surface area contributed by atoms with Crippen LogP contribution in [0.2, 0.25) is 0 Å². The average molecular weight is 271 g/mol. The summed E-state index contributed by atoms with van der Waals surface area (Å²) < 4.78 is 11.4. The molecule has 0 aromatic heterocycles. The summed E-state index contributed by atoms with van der Waals surface area (Å²) in [5.41, 5.74) is -0.708. The van der Waals surface area contributed by atoms with Gasteiger partial charge in [0.25, 0.3) is 0 Å². The molecule has 2 heterocycles. The summed E-state index contributed by atoms with van der Waals surface area (Å²) in [6, 6.07) is 0. The number of piperidine rings is 1.